The van der Waals surface area contributed by atoms with E-state index >= 15 is 0 Å². The highest BCUT2D eigenvalue weighted by Crippen LogP contribution is 2.41. The molecule has 3 aromatic carbocycles. The van der Waals surface area contributed by atoms with Gasteiger partial charge in [-0.15, -0.1) is 0 Å². The number of rotatable bonds is 8. The van der Waals surface area contributed by atoms with Crippen LogP contribution in [0.2, 0.25) is 0 Å². The summed E-state index contributed by atoms with van der Waals surface area (Å²) in [4.78, 5) is 15.0. The predicted molar refractivity (Wildman–Crippen MR) is 129 cm³/mol. The van der Waals surface area contributed by atoms with Crippen LogP contribution in [-0.2, 0) is 10.3 Å². The Labute approximate surface area is 203 Å². The Morgan fingerprint density at radius 2 is 1.69 bits per heavy atom. The van der Waals surface area contributed by atoms with Crippen molar-refractivity contribution < 1.29 is 22.7 Å². The van der Waals surface area contributed by atoms with Gasteiger partial charge in [0, 0.05) is 24.6 Å². The van der Waals surface area contributed by atoms with Crippen LogP contribution in [0.1, 0.15) is 49.8 Å². The van der Waals surface area contributed by atoms with Gasteiger partial charge in [-0.05, 0) is 66.8 Å². The average molecular weight is 483 g/mol. The van der Waals surface area contributed by atoms with Crippen molar-refractivity contribution in [2.45, 2.75) is 44.2 Å². The summed E-state index contributed by atoms with van der Waals surface area (Å²) in [6, 6.07) is 16.6. The van der Waals surface area contributed by atoms with Gasteiger partial charge in [0.2, 0.25) is 0 Å². The number of nitrogens with zero attached hydrogens (tertiary/aromatic N) is 1. The number of ether oxygens (including phenoxy) is 1. The topological polar surface area (TPSA) is 55.6 Å². The number of benzene rings is 3. The van der Waals surface area contributed by atoms with E-state index in [1.807, 2.05) is 19.1 Å². The highest BCUT2D eigenvalue weighted by molar-refractivity contribution is 5.70. The highest BCUT2D eigenvalue weighted by atomic mass is 19.1. The lowest BCUT2D eigenvalue weighted by atomic mass is 9.84. The molecule has 0 spiro atoms. The van der Waals surface area contributed by atoms with Gasteiger partial charge in [-0.2, -0.15) is 0 Å². The number of nitrogens with two attached hydrogens (primary N) is 1. The van der Waals surface area contributed by atoms with Crippen molar-refractivity contribution in [2.75, 3.05) is 13.1 Å². The van der Waals surface area contributed by atoms with Crippen molar-refractivity contribution in [1.82, 2.24) is 4.90 Å². The lowest BCUT2D eigenvalue weighted by Crippen LogP contribution is -2.49. The molecule has 0 aliphatic carbocycles. The van der Waals surface area contributed by atoms with Gasteiger partial charge in [0.15, 0.2) is 0 Å². The minimum Gasteiger partial charge on any atom is -0.438 e. The molecule has 1 fully saturated rings. The smallest absolute Gasteiger partial charge is 0.411 e. The Morgan fingerprint density at radius 3 is 2.29 bits per heavy atom. The lowest BCUT2D eigenvalue weighted by molar-refractivity contribution is -0.0678. The van der Waals surface area contributed by atoms with Gasteiger partial charge in [-0.1, -0.05) is 43.3 Å². The molecule has 7 heteroatoms. The van der Waals surface area contributed by atoms with Crippen molar-refractivity contribution in [3.05, 3.63) is 95.3 Å². The van der Waals surface area contributed by atoms with Crippen LogP contribution in [0.3, 0.4) is 0 Å². The number of carbonyl (C=O) groups is 1. The van der Waals surface area contributed by atoms with Crippen LogP contribution in [0, 0.1) is 17.5 Å². The van der Waals surface area contributed by atoms with Gasteiger partial charge in [-0.25, -0.2) is 18.0 Å². The van der Waals surface area contributed by atoms with E-state index in [2.05, 4.69) is 0 Å². The summed E-state index contributed by atoms with van der Waals surface area (Å²) in [6.07, 6.45) is 2.01. The maximum Gasteiger partial charge on any atom is 0.411 e. The number of amides is 1. The van der Waals surface area contributed by atoms with Crippen molar-refractivity contribution in [3.8, 4) is 11.1 Å². The Kier molecular flexibility index (Phi) is 7.45. The van der Waals surface area contributed by atoms with E-state index in [4.69, 9.17) is 10.5 Å². The largest absolute Gasteiger partial charge is 0.438 e. The Morgan fingerprint density at radius 1 is 1.00 bits per heavy atom. The number of hydrogen-bond acceptors (Lipinski definition) is 3. The first kappa shape index (κ1) is 24.8. The summed E-state index contributed by atoms with van der Waals surface area (Å²) in [5.74, 6) is -1.60. The van der Waals surface area contributed by atoms with E-state index in [1.165, 1.54) is 24.3 Å². The fraction of sp³-hybridized carbons (Fsp3) is 0.321. The molecule has 1 amide bonds. The van der Waals surface area contributed by atoms with E-state index in [1.54, 1.807) is 29.2 Å². The van der Waals surface area contributed by atoms with Crippen LogP contribution >= 0.6 is 0 Å². The van der Waals surface area contributed by atoms with Crippen molar-refractivity contribution in [2.24, 2.45) is 5.73 Å². The molecule has 0 unspecified atom stereocenters. The normalized spacial score (nSPS) is 18.9. The second-order valence-electron chi connectivity index (χ2n) is 8.87. The first-order chi connectivity index (χ1) is 16.9. The fourth-order valence-electron chi connectivity index (χ4n) is 4.86. The molecular formula is C28H29F3N2O2. The van der Waals surface area contributed by atoms with Gasteiger partial charge in [-0.3, -0.25) is 0 Å². The van der Waals surface area contributed by atoms with Crippen LogP contribution in [-0.4, -0.2) is 24.1 Å². The van der Waals surface area contributed by atoms with Gasteiger partial charge >= 0.3 is 6.09 Å². The third-order valence-corrected chi connectivity index (χ3v) is 6.73. The second-order valence-corrected chi connectivity index (χ2v) is 8.87. The van der Waals surface area contributed by atoms with Crippen LogP contribution in [0.4, 0.5) is 18.0 Å². The SMILES string of the molecule is CC[C@@H](c1ccc(-c2ccc(F)cc2F)cc1)N1CC[C@](CCCN)(c2ccc(F)cc2)OC1=O. The van der Waals surface area contributed by atoms with Crippen LogP contribution in [0.25, 0.3) is 11.1 Å². The lowest BCUT2D eigenvalue weighted by Gasteiger charge is -2.44. The molecule has 1 saturated heterocycles. The second kappa shape index (κ2) is 10.5. The molecule has 2 atom stereocenters. The average Bonchev–Trinajstić information content (AvgIpc) is 2.85. The number of cyclic esters (lactones) is 1. The summed E-state index contributed by atoms with van der Waals surface area (Å²) in [6.45, 7) is 2.91. The van der Waals surface area contributed by atoms with Crippen LogP contribution in [0.15, 0.2) is 66.7 Å². The summed E-state index contributed by atoms with van der Waals surface area (Å²) in [5.41, 5.74) is 7.48. The molecular weight excluding hydrogens is 453 g/mol. The van der Waals surface area contributed by atoms with E-state index < -0.39 is 23.3 Å². The maximum absolute atomic E-state index is 14.2. The molecule has 1 aliphatic heterocycles. The summed E-state index contributed by atoms with van der Waals surface area (Å²) in [5, 5.41) is 0. The maximum atomic E-state index is 14.2. The minimum absolute atomic E-state index is 0.227. The van der Waals surface area contributed by atoms with E-state index in [0.29, 0.717) is 49.9 Å². The molecule has 3 aromatic rings. The van der Waals surface area contributed by atoms with Gasteiger partial charge in [0.25, 0.3) is 0 Å². The Hall–Kier alpha value is -3.32. The number of carbonyl (C=O) groups excluding carboxylic acids is 1. The van der Waals surface area contributed by atoms with E-state index in [-0.39, 0.29) is 11.9 Å². The molecule has 0 saturated carbocycles. The molecule has 1 aliphatic rings. The zero-order chi connectivity index (χ0) is 25.0. The zero-order valence-corrected chi connectivity index (χ0v) is 19.6. The number of hydrogen-bond donors (Lipinski definition) is 1. The molecule has 0 radical (unpaired) electrons. The first-order valence-corrected chi connectivity index (χ1v) is 11.9. The van der Waals surface area contributed by atoms with Gasteiger partial charge in [0.05, 0.1) is 6.04 Å². The monoisotopic (exact) mass is 482 g/mol. The molecule has 4 nitrogen and oxygen atoms in total. The molecule has 0 aromatic heterocycles. The van der Waals surface area contributed by atoms with Crippen molar-refractivity contribution in [1.29, 1.82) is 0 Å². The molecule has 0 bridgehead atoms. The molecule has 4 rings (SSSR count). The molecule has 2 N–H and O–H groups in total. The summed E-state index contributed by atoms with van der Waals surface area (Å²) >= 11 is 0. The fourth-order valence-corrected chi connectivity index (χ4v) is 4.86. The van der Waals surface area contributed by atoms with Crippen LogP contribution in [0.5, 0.6) is 0 Å². The predicted octanol–water partition coefficient (Wildman–Crippen LogP) is 6.70. The quantitative estimate of drug-likeness (QED) is 0.389. The third-order valence-electron chi connectivity index (χ3n) is 6.73. The van der Waals surface area contributed by atoms with Gasteiger partial charge < -0.3 is 15.4 Å². The Balaban J connectivity index is 1.55. The Bertz CT molecular complexity index is 1170. The molecule has 1 heterocycles. The highest BCUT2D eigenvalue weighted by Gasteiger charge is 2.43. The van der Waals surface area contributed by atoms with Gasteiger partial charge in [0.1, 0.15) is 23.1 Å². The standard InChI is InChI=1S/C28H29F3N2O2/c1-2-26(20-6-4-19(5-7-20)24-13-12-23(30)18-25(24)31)33-17-15-28(14-3-16-32,35-27(33)34)21-8-10-22(29)11-9-21/h4-13,18,26H,2-3,14-17,32H2,1H3/t26-,28+/m0/s1. The minimum atomic E-state index is -0.844. The zero-order valence-electron chi connectivity index (χ0n) is 19.6. The third kappa shape index (κ3) is 5.20. The van der Waals surface area contributed by atoms with Crippen molar-refractivity contribution >= 4 is 6.09 Å². The van der Waals surface area contributed by atoms with Crippen LogP contribution < -0.4 is 5.73 Å². The summed E-state index contributed by atoms with van der Waals surface area (Å²) < 4.78 is 47.0. The van der Waals surface area contributed by atoms with E-state index in [9.17, 15) is 18.0 Å². The molecule has 184 valence electrons. The van der Waals surface area contributed by atoms with Crippen molar-refractivity contribution in [3.63, 3.8) is 0 Å². The first-order valence-electron chi connectivity index (χ1n) is 11.9. The summed E-state index contributed by atoms with van der Waals surface area (Å²) in [7, 11) is 0. The number of halogens is 3. The molecule has 35 heavy (non-hydrogen) atoms. The van der Waals surface area contributed by atoms with E-state index in [0.717, 1.165) is 17.2 Å².